The zero-order chi connectivity index (χ0) is 22.7. The minimum absolute atomic E-state index is 0.0274. The van der Waals surface area contributed by atoms with Crippen molar-refractivity contribution in [2.45, 2.75) is 0 Å². The summed E-state index contributed by atoms with van der Waals surface area (Å²) in [5.41, 5.74) is 2.43. The number of carbonyl (C=O) groups excluding carboxylic acids is 1. The predicted molar refractivity (Wildman–Crippen MR) is 123 cm³/mol. The fourth-order valence-electron chi connectivity index (χ4n) is 3.02. The lowest BCUT2D eigenvalue weighted by Gasteiger charge is -2.10. The second-order valence-electron chi connectivity index (χ2n) is 6.62. The van der Waals surface area contributed by atoms with Gasteiger partial charge in [-0.3, -0.25) is 20.2 Å². The molecular formula is C22H16N4O5S. The van der Waals surface area contributed by atoms with Gasteiger partial charge in [0, 0.05) is 22.9 Å². The number of hydrogen-bond acceptors (Lipinski definition) is 7. The Morgan fingerprint density at radius 3 is 2.62 bits per heavy atom. The third-order valence-electron chi connectivity index (χ3n) is 4.53. The normalized spacial score (nSPS) is 10.5. The van der Waals surface area contributed by atoms with Crippen LogP contribution in [0.1, 0.15) is 10.4 Å². The third kappa shape index (κ3) is 4.40. The molecule has 1 heterocycles. The maximum Gasteiger partial charge on any atom is 0.311 e. The molecule has 0 unspecified atom stereocenters. The Morgan fingerprint density at radius 2 is 1.91 bits per heavy atom. The summed E-state index contributed by atoms with van der Waals surface area (Å²) in [6.45, 7) is 0. The van der Waals surface area contributed by atoms with Gasteiger partial charge in [0.2, 0.25) is 5.89 Å². The Bertz CT molecular complexity index is 1340. The number of nitrogens with one attached hydrogen (secondary N) is 2. The van der Waals surface area contributed by atoms with Crippen molar-refractivity contribution in [1.29, 1.82) is 0 Å². The first kappa shape index (κ1) is 20.9. The number of rotatable bonds is 5. The highest BCUT2D eigenvalue weighted by Gasteiger charge is 2.19. The van der Waals surface area contributed by atoms with Crippen LogP contribution in [0, 0.1) is 10.1 Å². The van der Waals surface area contributed by atoms with E-state index in [1.54, 1.807) is 18.2 Å². The molecule has 0 aliphatic heterocycles. The molecule has 0 fully saturated rings. The van der Waals surface area contributed by atoms with Crippen LogP contribution in [0.25, 0.3) is 22.6 Å². The van der Waals surface area contributed by atoms with Crippen LogP contribution in [0.2, 0.25) is 0 Å². The molecule has 0 aliphatic carbocycles. The SMILES string of the molecule is COc1ccc(C(=O)NC(=S)Nc2ccc3oc(-c4ccccc4)nc3c2)cc1[N+](=O)[O-]. The lowest BCUT2D eigenvalue weighted by molar-refractivity contribution is -0.385. The molecule has 160 valence electrons. The van der Waals surface area contributed by atoms with Gasteiger partial charge in [-0.2, -0.15) is 0 Å². The lowest BCUT2D eigenvalue weighted by Crippen LogP contribution is -2.34. The van der Waals surface area contributed by atoms with Crippen molar-refractivity contribution in [3.8, 4) is 17.2 Å². The molecule has 4 rings (SSSR count). The number of nitro groups is 1. The van der Waals surface area contributed by atoms with Crippen molar-refractivity contribution in [1.82, 2.24) is 10.3 Å². The van der Waals surface area contributed by atoms with E-state index < -0.39 is 10.8 Å². The van der Waals surface area contributed by atoms with E-state index in [0.717, 1.165) is 11.6 Å². The zero-order valence-corrected chi connectivity index (χ0v) is 17.5. The fourth-order valence-corrected chi connectivity index (χ4v) is 3.23. The number of aromatic nitrogens is 1. The van der Waals surface area contributed by atoms with Crippen LogP contribution in [0.4, 0.5) is 11.4 Å². The Morgan fingerprint density at radius 1 is 1.12 bits per heavy atom. The van der Waals surface area contributed by atoms with Crippen LogP contribution in [0.15, 0.2) is 71.1 Å². The van der Waals surface area contributed by atoms with E-state index in [1.807, 2.05) is 30.3 Å². The van der Waals surface area contributed by atoms with Gasteiger partial charge in [-0.15, -0.1) is 0 Å². The topological polar surface area (TPSA) is 120 Å². The number of nitro benzene ring substituents is 1. The Labute approximate surface area is 187 Å². The first-order chi connectivity index (χ1) is 15.4. The van der Waals surface area contributed by atoms with Crippen LogP contribution in [0.5, 0.6) is 5.75 Å². The summed E-state index contributed by atoms with van der Waals surface area (Å²) in [5.74, 6) is -0.0418. The van der Waals surface area contributed by atoms with Crippen LogP contribution in [0.3, 0.4) is 0 Å². The number of nitrogens with zero attached hydrogens (tertiary/aromatic N) is 2. The molecule has 0 spiro atoms. The zero-order valence-electron chi connectivity index (χ0n) is 16.7. The summed E-state index contributed by atoms with van der Waals surface area (Å²) in [6.07, 6.45) is 0. The van der Waals surface area contributed by atoms with Crippen LogP contribution in [-0.4, -0.2) is 28.0 Å². The Balaban J connectivity index is 1.47. The molecule has 0 saturated heterocycles. The molecule has 1 amide bonds. The second kappa shape index (κ2) is 8.82. The predicted octanol–water partition coefficient (Wildman–Crippen LogP) is 4.54. The number of ether oxygens (including phenoxy) is 1. The van der Waals surface area contributed by atoms with E-state index >= 15 is 0 Å². The van der Waals surface area contributed by atoms with Crippen molar-refractivity contribution < 1.29 is 18.9 Å². The number of oxazole rings is 1. The molecule has 9 nitrogen and oxygen atoms in total. The summed E-state index contributed by atoms with van der Waals surface area (Å²) >= 11 is 5.20. The molecule has 0 atom stereocenters. The van der Waals surface area contributed by atoms with Gasteiger partial charge in [0.1, 0.15) is 5.52 Å². The van der Waals surface area contributed by atoms with Gasteiger partial charge < -0.3 is 14.5 Å². The summed E-state index contributed by atoms with van der Waals surface area (Å²) in [5, 5.41) is 16.6. The van der Waals surface area contributed by atoms with Gasteiger partial charge in [-0.1, -0.05) is 18.2 Å². The summed E-state index contributed by atoms with van der Waals surface area (Å²) < 4.78 is 10.7. The molecule has 0 radical (unpaired) electrons. The molecule has 3 aromatic carbocycles. The molecule has 32 heavy (non-hydrogen) atoms. The molecule has 0 aliphatic rings. The first-order valence-electron chi connectivity index (χ1n) is 9.35. The number of methoxy groups -OCH3 is 1. The highest BCUT2D eigenvalue weighted by Crippen LogP contribution is 2.28. The minimum atomic E-state index is -0.622. The number of benzene rings is 3. The number of anilines is 1. The minimum Gasteiger partial charge on any atom is -0.490 e. The van der Waals surface area contributed by atoms with Crippen LogP contribution < -0.4 is 15.4 Å². The average molecular weight is 448 g/mol. The third-order valence-corrected chi connectivity index (χ3v) is 4.74. The van der Waals surface area contributed by atoms with Crippen molar-refractivity contribution in [3.63, 3.8) is 0 Å². The van der Waals surface area contributed by atoms with Crippen molar-refractivity contribution >= 4 is 45.7 Å². The molecule has 2 N–H and O–H groups in total. The first-order valence-corrected chi connectivity index (χ1v) is 9.76. The number of fused-ring (bicyclic) bond motifs is 1. The van der Waals surface area contributed by atoms with Gasteiger partial charge in [-0.05, 0) is 54.7 Å². The van der Waals surface area contributed by atoms with E-state index in [4.69, 9.17) is 21.4 Å². The van der Waals surface area contributed by atoms with Gasteiger partial charge in [0.15, 0.2) is 16.4 Å². The molecule has 4 aromatic rings. The van der Waals surface area contributed by atoms with Gasteiger partial charge in [-0.25, -0.2) is 4.98 Å². The van der Waals surface area contributed by atoms with Crippen molar-refractivity contribution in [3.05, 3.63) is 82.4 Å². The second-order valence-corrected chi connectivity index (χ2v) is 7.03. The van der Waals surface area contributed by atoms with E-state index in [0.29, 0.717) is 22.7 Å². The van der Waals surface area contributed by atoms with Crippen LogP contribution >= 0.6 is 12.2 Å². The van der Waals surface area contributed by atoms with E-state index in [1.165, 1.54) is 19.2 Å². The maximum absolute atomic E-state index is 12.5. The summed E-state index contributed by atoms with van der Waals surface area (Å²) in [4.78, 5) is 27.5. The van der Waals surface area contributed by atoms with Gasteiger partial charge in [0.25, 0.3) is 5.91 Å². The lowest BCUT2D eigenvalue weighted by atomic mass is 10.1. The van der Waals surface area contributed by atoms with Gasteiger partial charge in [0.05, 0.1) is 12.0 Å². The molecular weight excluding hydrogens is 432 g/mol. The van der Waals surface area contributed by atoms with Crippen molar-refractivity contribution in [2.24, 2.45) is 0 Å². The van der Waals surface area contributed by atoms with Gasteiger partial charge >= 0.3 is 5.69 Å². The quantitative estimate of drug-likeness (QED) is 0.259. The fraction of sp³-hybridized carbons (Fsp3) is 0.0455. The summed E-state index contributed by atoms with van der Waals surface area (Å²) in [6, 6.07) is 18.6. The molecule has 0 saturated carbocycles. The average Bonchev–Trinajstić information content (AvgIpc) is 3.22. The number of carbonyl (C=O) groups is 1. The summed E-state index contributed by atoms with van der Waals surface area (Å²) in [7, 11) is 1.32. The molecule has 10 heteroatoms. The number of thiocarbonyl (C=S) groups is 1. The number of amides is 1. The van der Waals surface area contributed by atoms with Crippen molar-refractivity contribution in [2.75, 3.05) is 12.4 Å². The maximum atomic E-state index is 12.5. The number of hydrogen-bond donors (Lipinski definition) is 2. The highest BCUT2D eigenvalue weighted by molar-refractivity contribution is 7.80. The standard InChI is InChI=1S/C22H16N4O5S/c1-30-19-9-7-14(11-17(19)26(28)29)20(27)25-22(32)23-15-8-10-18-16(12-15)24-21(31-18)13-5-3-2-4-6-13/h2-12H,1H3,(H2,23,25,27,32). The van der Waals surface area contributed by atoms with E-state index in [9.17, 15) is 14.9 Å². The Hall–Kier alpha value is -4.31. The van der Waals surface area contributed by atoms with E-state index in [2.05, 4.69) is 15.6 Å². The Kier molecular flexibility index (Phi) is 5.77. The smallest absolute Gasteiger partial charge is 0.311 e. The largest absolute Gasteiger partial charge is 0.490 e. The van der Waals surface area contributed by atoms with Crippen LogP contribution in [-0.2, 0) is 0 Å². The highest BCUT2D eigenvalue weighted by atomic mass is 32.1. The van der Waals surface area contributed by atoms with E-state index in [-0.39, 0.29) is 22.1 Å². The monoisotopic (exact) mass is 448 g/mol. The molecule has 1 aromatic heterocycles. The molecule has 0 bridgehead atoms.